The molecule has 1 fully saturated rings. The molecular weight excluding hydrogens is 385 g/mol. The van der Waals surface area contributed by atoms with Crippen molar-refractivity contribution in [2.24, 2.45) is 0 Å². The summed E-state index contributed by atoms with van der Waals surface area (Å²) in [5.41, 5.74) is 1.98. The Morgan fingerprint density at radius 1 is 1.15 bits per heavy atom. The van der Waals surface area contributed by atoms with Crippen LogP contribution in [-0.2, 0) is 0 Å². The first kappa shape index (κ1) is 21.8. The predicted octanol–water partition coefficient (Wildman–Crippen LogP) is 3.34. The Hall–Kier alpha value is -1.53. The van der Waals surface area contributed by atoms with Crippen molar-refractivity contribution >= 4 is 29.8 Å². The van der Waals surface area contributed by atoms with Crippen LogP contribution in [0.2, 0.25) is 5.02 Å². The van der Waals surface area contributed by atoms with Crippen molar-refractivity contribution < 1.29 is 9.84 Å². The van der Waals surface area contributed by atoms with Crippen LogP contribution in [-0.4, -0.2) is 60.4 Å². The van der Waals surface area contributed by atoms with E-state index in [2.05, 4.69) is 14.8 Å². The number of nitrogens with zero attached hydrogens (tertiary/aromatic N) is 3. The van der Waals surface area contributed by atoms with Gasteiger partial charge in [-0.05, 0) is 49.2 Å². The van der Waals surface area contributed by atoms with Crippen LogP contribution in [0.1, 0.15) is 11.1 Å². The monoisotopic (exact) mass is 411 g/mol. The molecule has 1 aromatic carbocycles. The Bertz CT molecular complexity index is 699. The number of aryl methyl sites for hydroxylation is 2. The molecule has 7 heteroatoms. The minimum absolute atomic E-state index is 0. The van der Waals surface area contributed by atoms with Crippen LogP contribution in [0, 0.1) is 13.8 Å². The van der Waals surface area contributed by atoms with Gasteiger partial charge < -0.3 is 14.7 Å². The fourth-order valence-corrected chi connectivity index (χ4v) is 3.34. The van der Waals surface area contributed by atoms with Gasteiger partial charge in [0, 0.05) is 43.9 Å². The number of anilines is 1. The van der Waals surface area contributed by atoms with Crippen LogP contribution in [0.25, 0.3) is 0 Å². The summed E-state index contributed by atoms with van der Waals surface area (Å²) >= 11 is 6.18. The summed E-state index contributed by atoms with van der Waals surface area (Å²) in [6, 6.07) is 9.80. The Kier molecular flexibility index (Phi) is 8.17. The van der Waals surface area contributed by atoms with Gasteiger partial charge >= 0.3 is 0 Å². The van der Waals surface area contributed by atoms with Crippen molar-refractivity contribution in [1.82, 2.24) is 9.88 Å². The highest BCUT2D eigenvalue weighted by Gasteiger charge is 2.20. The number of β-amino-alcohol motifs (C(OH)–C–C–N with tert-alkyl or cyclic N) is 1. The Labute approximate surface area is 172 Å². The number of rotatable bonds is 6. The van der Waals surface area contributed by atoms with Crippen LogP contribution in [0.3, 0.4) is 0 Å². The van der Waals surface area contributed by atoms with Gasteiger partial charge in [0.1, 0.15) is 24.3 Å². The standard InChI is InChI=1S/C20H26ClN3O2.ClH/c1-15-11-18(12-16(2)20(15)21)26-14-17(25)13-23-7-9-24(10-8-23)19-5-3-4-6-22-19;/h3-6,11-12,17,25H,7-10,13-14H2,1-2H3;1H. The SMILES string of the molecule is Cc1cc(OCC(O)CN2CCN(c3ccccn3)CC2)cc(C)c1Cl.Cl. The van der Waals surface area contributed by atoms with E-state index in [1.165, 1.54) is 0 Å². The lowest BCUT2D eigenvalue weighted by atomic mass is 10.1. The lowest BCUT2D eigenvalue weighted by Gasteiger charge is -2.36. The van der Waals surface area contributed by atoms with Crippen molar-refractivity contribution in [1.29, 1.82) is 0 Å². The van der Waals surface area contributed by atoms with E-state index in [0.29, 0.717) is 6.54 Å². The molecule has 2 heterocycles. The van der Waals surface area contributed by atoms with Crippen molar-refractivity contribution in [3.63, 3.8) is 0 Å². The van der Waals surface area contributed by atoms with E-state index in [1.807, 2.05) is 50.4 Å². The number of benzene rings is 1. The van der Waals surface area contributed by atoms with E-state index in [4.69, 9.17) is 16.3 Å². The largest absolute Gasteiger partial charge is 0.491 e. The van der Waals surface area contributed by atoms with Crippen LogP contribution in [0.5, 0.6) is 5.75 Å². The van der Waals surface area contributed by atoms with Crippen molar-refractivity contribution in [3.8, 4) is 5.75 Å². The quantitative estimate of drug-likeness (QED) is 0.789. The summed E-state index contributed by atoms with van der Waals surface area (Å²) in [4.78, 5) is 8.95. The maximum absolute atomic E-state index is 10.3. The van der Waals surface area contributed by atoms with Gasteiger partial charge in [-0.2, -0.15) is 0 Å². The molecule has 1 saturated heterocycles. The molecule has 1 N–H and O–H groups in total. The van der Waals surface area contributed by atoms with Gasteiger partial charge in [0.15, 0.2) is 0 Å². The summed E-state index contributed by atoms with van der Waals surface area (Å²) < 4.78 is 5.76. The highest BCUT2D eigenvalue weighted by molar-refractivity contribution is 6.32. The first-order valence-electron chi connectivity index (χ1n) is 8.99. The molecule has 0 radical (unpaired) electrons. The van der Waals surface area contributed by atoms with Crippen molar-refractivity contribution in [2.45, 2.75) is 20.0 Å². The molecule has 0 aliphatic carbocycles. The summed E-state index contributed by atoms with van der Waals surface area (Å²) in [6.45, 7) is 8.46. The van der Waals surface area contributed by atoms with Crippen molar-refractivity contribution in [2.75, 3.05) is 44.2 Å². The third-order valence-corrected chi connectivity index (χ3v) is 5.26. The van der Waals surface area contributed by atoms with E-state index < -0.39 is 6.10 Å². The highest BCUT2D eigenvalue weighted by atomic mass is 35.5. The molecule has 1 aliphatic heterocycles. The second-order valence-corrected chi connectivity index (χ2v) is 7.19. The maximum atomic E-state index is 10.3. The van der Waals surface area contributed by atoms with Crippen LogP contribution in [0.15, 0.2) is 36.5 Å². The molecule has 3 rings (SSSR count). The Balaban J connectivity index is 0.00000261. The van der Waals surface area contributed by atoms with Crippen molar-refractivity contribution in [3.05, 3.63) is 52.7 Å². The number of piperazine rings is 1. The lowest BCUT2D eigenvalue weighted by molar-refractivity contribution is 0.0662. The normalized spacial score (nSPS) is 15.9. The summed E-state index contributed by atoms with van der Waals surface area (Å²) in [7, 11) is 0. The van der Waals surface area contributed by atoms with Crippen LogP contribution >= 0.6 is 24.0 Å². The van der Waals surface area contributed by atoms with E-state index in [-0.39, 0.29) is 19.0 Å². The molecule has 0 saturated carbocycles. The van der Waals surface area contributed by atoms with E-state index >= 15 is 0 Å². The molecule has 5 nitrogen and oxygen atoms in total. The molecule has 1 atom stereocenters. The van der Waals surface area contributed by atoms with Crippen LogP contribution < -0.4 is 9.64 Å². The predicted molar refractivity (Wildman–Crippen MR) is 113 cm³/mol. The summed E-state index contributed by atoms with van der Waals surface area (Å²) in [5, 5.41) is 11.1. The topological polar surface area (TPSA) is 48.8 Å². The molecule has 148 valence electrons. The minimum atomic E-state index is -0.521. The zero-order valence-electron chi connectivity index (χ0n) is 15.8. The third-order valence-electron chi connectivity index (χ3n) is 4.67. The number of halogens is 2. The molecule has 1 aliphatic rings. The summed E-state index contributed by atoms with van der Waals surface area (Å²) in [5.74, 6) is 1.77. The molecule has 2 aromatic rings. The average molecular weight is 412 g/mol. The average Bonchev–Trinajstić information content (AvgIpc) is 2.65. The first-order chi connectivity index (χ1) is 12.5. The van der Waals surface area contributed by atoms with Gasteiger partial charge in [-0.3, -0.25) is 4.90 Å². The van der Waals surface area contributed by atoms with E-state index in [9.17, 15) is 5.11 Å². The number of pyridine rings is 1. The zero-order chi connectivity index (χ0) is 18.5. The number of aromatic nitrogens is 1. The lowest BCUT2D eigenvalue weighted by Crippen LogP contribution is -2.49. The maximum Gasteiger partial charge on any atom is 0.128 e. The molecule has 27 heavy (non-hydrogen) atoms. The van der Waals surface area contributed by atoms with E-state index in [1.54, 1.807) is 0 Å². The number of aliphatic hydroxyl groups is 1. The summed E-state index contributed by atoms with van der Waals surface area (Å²) in [6.07, 6.45) is 1.30. The smallest absolute Gasteiger partial charge is 0.128 e. The molecular formula is C20H27Cl2N3O2. The minimum Gasteiger partial charge on any atom is -0.491 e. The second kappa shape index (κ2) is 10.1. The van der Waals surface area contributed by atoms with Gasteiger partial charge in [0.25, 0.3) is 0 Å². The molecule has 0 amide bonds. The number of ether oxygens (including phenoxy) is 1. The number of hydrogen-bond acceptors (Lipinski definition) is 5. The van der Waals surface area contributed by atoms with Gasteiger partial charge in [0.05, 0.1) is 0 Å². The fraction of sp³-hybridized carbons (Fsp3) is 0.450. The highest BCUT2D eigenvalue weighted by Crippen LogP contribution is 2.26. The first-order valence-corrected chi connectivity index (χ1v) is 9.36. The van der Waals surface area contributed by atoms with Gasteiger partial charge in [-0.15, -0.1) is 12.4 Å². The Morgan fingerprint density at radius 2 is 1.81 bits per heavy atom. The van der Waals surface area contributed by atoms with Crippen LogP contribution in [0.4, 0.5) is 5.82 Å². The molecule has 0 bridgehead atoms. The number of aliphatic hydroxyl groups excluding tert-OH is 1. The molecule has 1 aromatic heterocycles. The van der Waals surface area contributed by atoms with Gasteiger partial charge in [-0.1, -0.05) is 17.7 Å². The Morgan fingerprint density at radius 3 is 2.41 bits per heavy atom. The van der Waals surface area contributed by atoms with Gasteiger partial charge in [-0.25, -0.2) is 4.98 Å². The molecule has 0 spiro atoms. The zero-order valence-corrected chi connectivity index (χ0v) is 17.3. The fourth-order valence-electron chi connectivity index (χ4n) is 3.23. The van der Waals surface area contributed by atoms with Gasteiger partial charge in [0.2, 0.25) is 0 Å². The van der Waals surface area contributed by atoms with E-state index in [0.717, 1.165) is 53.9 Å². The third kappa shape index (κ3) is 5.98. The number of hydrogen-bond donors (Lipinski definition) is 1. The second-order valence-electron chi connectivity index (χ2n) is 6.81. The molecule has 1 unspecified atom stereocenters.